The standard InChI is InChI=1S/C9H15N5O2S/c1-14-8(11-12-13-14)17-6-3-2-4-9(10,5-6)7(15)16/h6H,2-5,10H2,1H3,(H,15,16). The Labute approximate surface area is 103 Å². The highest BCUT2D eigenvalue weighted by molar-refractivity contribution is 7.99. The molecule has 17 heavy (non-hydrogen) atoms. The van der Waals surface area contributed by atoms with Gasteiger partial charge in [-0.05, 0) is 36.1 Å². The van der Waals surface area contributed by atoms with Crippen molar-refractivity contribution in [1.82, 2.24) is 20.2 Å². The Kier molecular flexibility index (Phi) is 3.34. The molecular weight excluding hydrogens is 242 g/mol. The number of tetrazole rings is 1. The van der Waals surface area contributed by atoms with Crippen molar-refractivity contribution in [3.8, 4) is 0 Å². The molecule has 0 saturated heterocycles. The second-order valence-electron chi connectivity index (χ2n) is 4.38. The molecule has 1 aliphatic carbocycles. The van der Waals surface area contributed by atoms with Gasteiger partial charge in [0.1, 0.15) is 5.54 Å². The monoisotopic (exact) mass is 257 g/mol. The van der Waals surface area contributed by atoms with Crippen molar-refractivity contribution in [3.05, 3.63) is 0 Å². The van der Waals surface area contributed by atoms with E-state index in [1.165, 1.54) is 11.8 Å². The third kappa shape index (κ3) is 2.58. The van der Waals surface area contributed by atoms with E-state index >= 15 is 0 Å². The summed E-state index contributed by atoms with van der Waals surface area (Å²) in [5.74, 6) is -0.918. The van der Waals surface area contributed by atoms with Crippen LogP contribution in [-0.4, -0.2) is 42.1 Å². The molecule has 1 heterocycles. The molecule has 7 nitrogen and oxygen atoms in total. The first kappa shape index (κ1) is 12.3. The maximum Gasteiger partial charge on any atom is 0.323 e. The number of carbonyl (C=O) groups is 1. The Morgan fingerprint density at radius 2 is 2.47 bits per heavy atom. The zero-order chi connectivity index (χ0) is 12.5. The minimum Gasteiger partial charge on any atom is -0.480 e. The first-order valence-corrected chi connectivity index (χ1v) is 6.30. The molecule has 8 heteroatoms. The topological polar surface area (TPSA) is 107 Å². The van der Waals surface area contributed by atoms with Crippen LogP contribution < -0.4 is 5.73 Å². The van der Waals surface area contributed by atoms with Gasteiger partial charge in [0.2, 0.25) is 5.16 Å². The summed E-state index contributed by atoms with van der Waals surface area (Å²) in [7, 11) is 1.76. The van der Waals surface area contributed by atoms with Gasteiger partial charge in [-0.3, -0.25) is 4.79 Å². The van der Waals surface area contributed by atoms with E-state index in [9.17, 15) is 4.79 Å². The minimum absolute atomic E-state index is 0.162. The van der Waals surface area contributed by atoms with Crippen LogP contribution >= 0.6 is 11.8 Å². The predicted molar refractivity (Wildman–Crippen MR) is 61.5 cm³/mol. The van der Waals surface area contributed by atoms with Crippen LogP contribution in [0, 0.1) is 0 Å². The highest BCUT2D eigenvalue weighted by Gasteiger charge is 2.40. The molecule has 1 aromatic rings. The van der Waals surface area contributed by atoms with Gasteiger partial charge in [0.05, 0.1) is 0 Å². The molecule has 1 aromatic heterocycles. The third-order valence-corrected chi connectivity index (χ3v) is 4.31. The van der Waals surface area contributed by atoms with Crippen molar-refractivity contribution >= 4 is 17.7 Å². The number of rotatable bonds is 3. The van der Waals surface area contributed by atoms with Gasteiger partial charge in [-0.15, -0.1) is 5.10 Å². The molecule has 2 rings (SSSR count). The van der Waals surface area contributed by atoms with Gasteiger partial charge in [-0.2, -0.15) is 0 Å². The van der Waals surface area contributed by atoms with E-state index in [1.807, 2.05) is 0 Å². The molecular formula is C9H15N5O2S. The van der Waals surface area contributed by atoms with Crippen molar-refractivity contribution in [3.63, 3.8) is 0 Å². The van der Waals surface area contributed by atoms with E-state index < -0.39 is 11.5 Å². The number of hydrogen-bond acceptors (Lipinski definition) is 6. The summed E-state index contributed by atoms with van der Waals surface area (Å²) < 4.78 is 1.58. The van der Waals surface area contributed by atoms with Crippen LogP contribution in [-0.2, 0) is 11.8 Å². The largest absolute Gasteiger partial charge is 0.480 e. The maximum atomic E-state index is 11.1. The highest BCUT2D eigenvalue weighted by Crippen LogP contribution is 2.36. The third-order valence-electron chi connectivity index (χ3n) is 3.02. The van der Waals surface area contributed by atoms with Crippen molar-refractivity contribution in [1.29, 1.82) is 0 Å². The number of thioether (sulfide) groups is 1. The fourth-order valence-electron chi connectivity index (χ4n) is 2.02. The van der Waals surface area contributed by atoms with Crippen LogP contribution in [0.25, 0.3) is 0 Å². The first-order valence-electron chi connectivity index (χ1n) is 5.42. The second kappa shape index (κ2) is 4.61. The lowest BCUT2D eigenvalue weighted by Crippen LogP contribution is -2.51. The van der Waals surface area contributed by atoms with E-state index in [1.54, 1.807) is 11.7 Å². The average Bonchev–Trinajstić information content (AvgIpc) is 2.64. The summed E-state index contributed by atoms with van der Waals surface area (Å²) in [6.07, 6.45) is 2.77. The summed E-state index contributed by atoms with van der Waals surface area (Å²) in [6.45, 7) is 0. The highest BCUT2D eigenvalue weighted by atomic mass is 32.2. The number of nitrogens with two attached hydrogens (primary N) is 1. The molecule has 94 valence electrons. The summed E-state index contributed by atoms with van der Waals surface area (Å²) in [4.78, 5) is 11.1. The van der Waals surface area contributed by atoms with Gasteiger partial charge in [0.25, 0.3) is 0 Å². The summed E-state index contributed by atoms with van der Waals surface area (Å²) >= 11 is 1.50. The van der Waals surface area contributed by atoms with Crippen molar-refractivity contribution < 1.29 is 9.90 Å². The molecule has 2 unspecified atom stereocenters. The number of aryl methyl sites for hydroxylation is 1. The number of carboxylic acids is 1. The smallest absolute Gasteiger partial charge is 0.323 e. The number of nitrogens with zero attached hydrogens (tertiary/aromatic N) is 4. The lowest BCUT2D eigenvalue weighted by Gasteiger charge is -2.33. The molecule has 0 radical (unpaired) electrons. The fraction of sp³-hybridized carbons (Fsp3) is 0.778. The maximum absolute atomic E-state index is 11.1. The minimum atomic E-state index is -1.10. The fourth-order valence-corrected chi connectivity index (χ4v) is 3.26. The zero-order valence-electron chi connectivity index (χ0n) is 9.54. The van der Waals surface area contributed by atoms with E-state index in [-0.39, 0.29) is 5.25 Å². The van der Waals surface area contributed by atoms with Crippen LogP contribution in [0.15, 0.2) is 5.16 Å². The zero-order valence-corrected chi connectivity index (χ0v) is 10.4. The lowest BCUT2D eigenvalue weighted by molar-refractivity contribution is -0.144. The SMILES string of the molecule is Cn1nnnc1SC1CCCC(N)(C(=O)O)C1. The van der Waals surface area contributed by atoms with Crippen LogP contribution in [0.5, 0.6) is 0 Å². The van der Waals surface area contributed by atoms with E-state index in [4.69, 9.17) is 10.8 Å². The predicted octanol–water partition coefficient (Wildman–Crippen LogP) is 0.0269. The Morgan fingerprint density at radius 3 is 3.06 bits per heavy atom. The molecule has 0 aromatic carbocycles. The number of carboxylic acid groups (broad SMARTS) is 1. The van der Waals surface area contributed by atoms with Gasteiger partial charge in [0, 0.05) is 12.3 Å². The molecule has 0 aliphatic heterocycles. The molecule has 0 amide bonds. The van der Waals surface area contributed by atoms with Crippen molar-refractivity contribution in [2.24, 2.45) is 12.8 Å². The van der Waals surface area contributed by atoms with E-state index in [0.29, 0.717) is 18.0 Å². The van der Waals surface area contributed by atoms with E-state index in [2.05, 4.69) is 15.5 Å². The molecule has 3 N–H and O–H groups in total. The normalized spacial score (nSPS) is 29.2. The Hall–Kier alpha value is -1.15. The Morgan fingerprint density at radius 1 is 1.71 bits per heavy atom. The van der Waals surface area contributed by atoms with Crippen molar-refractivity contribution in [2.45, 2.75) is 41.6 Å². The van der Waals surface area contributed by atoms with Crippen LogP contribution in [0.4, 0.5) is 0 Å². The van der Waals surface area contributed by atoms with Gasteiger partial charge in [0.15, 0.2) is 0 Å². The summed E-state index contributed by atoms with van der Waals surface area (Å²) in [6, 6.07) is 0. The number of aromatic nitrogens is 4. The molecule has 1 aliphatic rings. The van der Waals surface area contributed by atoms with E-state index in [0.717, 1.165) is 12.8 Å². The summed E-state index contributed by atoms with van der Waals surface area (Å²) in [5.41, 5.74) is 4.79. The van der Waals surface area contributed by atoms with Crippen LogP contribution in [0.2, 0.25) is 0 Å². The quantitative estimate of drug-likeness (QED) is 0.786. The molecule has 0 spiro atoms. The first-order chi connectivity index (χ1) is 8.01. The van der Waals surface area contributed by atoms with Crippen molar-refractivity contribution in [2.75, 3.05) is 0 Å². The molecule has 1 fully saturated rings. The van der Waals surface area contributed by atoms with Gasteiger partial charge in [-0.1, -0.05) is 11.8 Å². The molecule has 2 atom stereocenters. The molecule has 1 saturated carbocycles. The average molecular weight is 257 g/mol. The van der Waals surface area contributed by atoms with Gasteiger partial charge in [-0.25, -0.2) is 4.68 Å². The Balaban J connectivity index is 2.03. The van der Waals surface area contributed by atoms with Gasteiger partial charge < -0.3 is 10.8 Å². The molecule has 0 bridgehead atoms. The number of aliphatic carboxylic acids is 1. The van der Waals surface area contributed by atoms with Crippen LogP contribution in [0.3, 0.4) is 0 Å². The summed E-state index contributed by atoms with van der Waals surface area (Å²) in [5, 5.41) is 21.1. The van der Waals surface area contributed by atoms with Crippen LogP contribution in [0.1, 0.15) is 25.7 Å². The Bertz CT molecular complexity index is 423. The lowest BCUT2D eigenvalue weighted by atomic mass is 9.82. The van der Waals surface area contributed by atoms with Gasteiger partial charge >= 0.3 is 5.97 Å². The number of hydrogen-bond donors (Lipinski definition) is 2. The second-order valence-corrected chi connectivity index (χ2v) is 5.65.